The zero-order valence-electron chi connectivity index (χ0n) is 15.4. The summed E-state index contributed by atoms with van der Waals surface area (Å²) in [4.78, 5) is 13.8. The van der Waals surface area contributed by atoms with Gasteiger partial charge < -0.3 is 10.4 Å². The van der Waals surface area contributed by atoms with Crippen LogP contribution in [0.2, 0.25) is 5.02 Å². The Morgan fingerprint density at radius 3 is 2.65 bits per heavy atom. The molecule has 1 aromatic heterocycles. The molecule has 1 amide bonds. The molecule has 0 saturated carbocycles. The van der Waals surface area contributed by atoms with Gasteiger partial charge in [-0.1, -0.05) is 32.4 Å². The first-order valence-corrected chi connectivity index (χ1v) is 9.18. The fourth-order valence-electron chi connectivity index (χ4n) is 2.50. The maximum absolute atomic E-state index is 12.5. The van der Waals surface area contributed by atoms with Gasteiger partial charge >= 0.3 is 0 Å². The quantitative estimate of drug-likeness (QED) is 0.653. The Morgan fingerprint density at radius 1 is 1.35 bits per heavy atom. The van der Waals surface area contributed by atoms with E-state index in [1.165, 1.54) is 4.80 Å². The highest BCUT2D eigenvalue weighted by molar-refractivity contribution is 6.30. The Kier molecular flexibility index (Phi) is 7.11. The van der Waals surface area contributed by atoms with Crippen molar-refractivity contribution < 1.29 is 9.90 Å². The van der Waals surface area contributed by atoms with Gasteiger partial charge in [-0.3, -0.25) is 4.79 Å². The minimum absolute atomic E-state index is 0.129. The molecule has 7 nitrogen and oxygen atoms in total. The van der Waals surface area contributed by atoms with Crippen LogP contribution in [-0.2, 0) is 4.79 Å². The van der Waals surface area contributed by atoms with Crippen LogP contribution >= 0.6 is 11.6 Å². The van der Waals surface area contributed by atoms with Crippen molar-refractivity contribution in [2.45, 2.75) is 46.1 Å². The smallest absolute Gasteiger partial charge is 0.246 e. The van der Waals surface area contributed by atoms with E-state index in [9.17, 15) is 9.90 Å². The van der Waals surface area contributed by atoms with Crippen LogP contribution in [0.1, 0.15) is 46.1 Å². The van der Waals surface area contributed by atoms with Crippen molar-refractivity contribution in [3.05, 3.63) is 29.3 Å². The minimum atomic E-state index is -0.505. The van der Waals surface area contributed by atoms with E-state index in [1.807, 2.05) is 32.9 Å². The topological polar surface area (TPSA) is 92.9 Å². The average molecular weight is 380 g/mol. The van der Waals surface area contributed by atoms with E-state index in [0.717, 1.165) is 18.4 Å². The number of aromatic nitrogens is 4. The van der Waals surface area contributed by atoms with Crippen LogP contribution in [0.4, 0.5) is 0 Å². The monoisotopic (exact) mass is 379 g/mol. The molecule has 0 saturated heterocycles. The van der Waals surface area contributed by atoms with Crippen LogP contribution in [0.3, 0.4) is 0 Å². The lowest BCUT2D eigenvalue weighted by Crippen LogP contribution is -2.34. The Hall–Kier alpha value is -1.99. The van der Waals surface area contributed by atoms with Crippen molar-refractivity contribution in [3.63, 3.8) is 0 Å². The molecule has 2 aromatic rings. The number of carbonyl (C=O) groups is 1. The zero-order valence-corrected chi connectivity index (χ0v) is 16.2. The summed E-state index contributed by atoms with van der Waals surface area (Å²) in [5, 5.41) is 25.2. The normalized spacial score (nSPS) is 12.8. The van der Waals surface area contributed by atoms with Gasteiger partial charge in [0.15, 0.2) is 6.04 Å². The summed E-state index contributed by atoms with van der Waals surface area (Å²) in [6.07, 6.45) is 2.20. The lowest BCUT2D eigenvalue weighted by Gasteiger charge is -2.21. The summed E-state index contributed by atoms with van der Waals surface area (Å²) in [5.41, 5.74) is 0.665. The molecule has 142 valence electrons. The van der Waals surface area contributed by atoms with Crippen LogP contribution in [0.25, 0.3) is 11.4 Å². The number of hydrogen-bond acceptors (Lipinski definition) is 5. The first-order chi connectivity index (χ1) is 12.4. The number of carbonyl (C=O) groups excluding carboxylic acids is 1. The summed E-state index contributed by atoms with van der Waals surface area (Å²) in [7, 11) is 0. The van der Waals surface area contributed by atoms with E-state index >= 15 is 0 Å². The third kappa shape index (κ3) is 5.51. The molecule has 8 heteroatoms. The fraction of sp³-hybridized carbons (Fsp3) is 0.556. The number of nitrogens with one attached hydrogen (secondary N) is 1. The highest BCUT2D eigenvalue weighted by Crippen LogP contribution is 2.21. The first kappa shape index (κ1) is 20.3. The molecule has 0 aliphatic heterocycles. The Labute approximate surface area is 158 Å². The van der Waals surface area contributed by atoms with Gasteiger partial charge in [0.05, 0.1) is 0 Å². The van der Waals surface area contributed by atoms with Gasteiger partial charge in [-0.25, -0.2) is 0 Å². The number of aliphatic hydroxyl groups excluding tert-OH is 1. The summed E-state index contributed by atoms with van der Waals surface area (Å²) in [5.74, 6) is 0.326. The van der Waals surface area contributed by atoms with Gasteiger partial charge in [0.2, 0.25) is 11.7 Å². The first-order valence-electron chi connectivity index (χ1n) is 8.80. The van der Waals surface area contributed by atoms with Crippen molar-refractivity contribution in [2.75, 3.05) is 13.2 Å². The Balaban J connectivity index is 1.95. The molecule has 2 rings (SSSR count). The van der Waals surface area contributed by atoms with Crippen LogP contribution < -0.4 is 5.32 Å². The van der Waals surface area contributed by atoms with Gasteiger partial charge in [-0.2, -0.15) is 4.80 Å². The van der Waals surface area contributed by atoms with Crippen LogP contribution in [-0.4, -0.2) is 44.4 Å². The molecule has 26 heavy (non-hydrogen) atoms. The number of aliphatic hydroxyl groups is 1. The third-order valence-corrected chi connectivity index (χ3v) is 4.51. The van der Waals surface area contributed by atoms with Crippen molar-refractivity contribution in [1.29, 1.82) is 0 Å². The summed E-state index contributed by atoms with van der Waals surface area (Å²) < 4.78 is 0. The molecule has 0 spiro atoms. The Morgan fingerprint density at radius 2 is 2.04 bits per heavy atom. The maximum Gasteiger partial charge on any atom is 0.246 e. The average Bonchev–Trinajstić information content (AvgIpc) is 3.10. The molecule has 1 heterocycles. The molecular formula is C18H26ClN5O2. The van der Waals surface area contributed by atoms with E-state index in [0.29, 0.717) is 23.8 Å². The summed E-state index contributed by atoms with van der Waals surface area (Å²) >= 11 is 5.89. The Bertz CT molecular complexity index is 715. The number of hydrogen-bond donors (Lipinski definition) is 2. The standard InChI is InChI=1S/C18H26ClN5O2/c1-4-15(17(26)20-11-5-10-18(2,3)12-25)24-22-16(21-23-24)13-6-8-14(19)9-7-13/h6-9,15,25H,4-5,10-12H2,1-3H3,(H,20,26)/t15-/m1/s1. The molecule has 0 fully saturated rings. The number of halogens is 1. The predicted molar refractivity (Wildman–Crippen MR) is 101 cm³/mol. The summed E-state index contributed by atoms with van der Waals surface area (Å²) in [6.45, 7) is 6.60. The second kappa shape index (κ2) is 9.09. The molecule has 0 aliphatic rings. The van der Waals surface area contributed by atoms with Crippen LogP contribution in [0.5, 0.6) is 0 Å². The molecule has 1 aromatic carbocycles. The lowest BCUT2D eigenvalue weighted by atomic mass is 9.89. The molecule has 0 bridgehead atoms. The molecular weight excluding hydrogens is 354 g/mol. The maximum atomic E-state index is 12.5. The van der Waals surface area contributed by atoms with E-state index < -0.39 is 6.04 Å². The van der Waals surface area contributed by atoms with Crippen molar-refractivity contribution in [3.8, 4) is 11.4 Å². The predicted octanol–water partition coefficient (Wildman–Crippen LogP) is 2.86. The van der Waals surface area contributed by atoms with E-state index in [2.05, 4.69) is 20.7 Å². The van der Waals surface area contributed by atoms with Gasteiger partial charge in [0.1, 0.15) is 0 Å². The molecule has 0 radical (unpaired) electrons. The summed E-state index contributed by atoms with van der Waals surface area (Å²) in [6, 6.07) is 6.64. The second-order valence-electron chi connectivity index (χ2n) is 7.08. The minimum Gasteiger partial charge on any atom is -0.396 e. The third-order valence-electron chi connectivity index (χ3n) is 4.26. The van der Waals surface area contributed by atoms with E-state index in [-0.39, 0.29) is 17.9 Å². The van der Waals surface area contributed by atoms with Gasteiger partial charge in [-0.05, 0) is 54.2 Å². The number of nitrogens with zero attached hydrogens (tertiary/aromatic N) is 4. The highest BCUT2D eigenvalue weighted by Gasteiger charge is 2.22. The highest BCUT2D eigenvalue weighted by atomic mass is 35.5. The molecule has 1 atom stereocenters. The second-order valence-corrected chi connectivity index (χ2v) is 7.52. The number of rotatable bonds is 9. The number of tetrazole rings is 1. The van der Waals surface area contributed by atoms with Crippen LogP contribution in [0, 0.1) is 5.41 Å². The molecule has 0 aliphatic carbocycles. The molecule has 2 N–H and O–H groups in total. The number of amides is 1. The van der Waals surface area contributed by atoms with Crippen molar-refractivity contribution in [2.24, 2.45) is 5.41 Å². The van der Waals surface area contributed by atoms with Crippen molar-refractivity contribution in [1.82, 2.24) is 25.5 Å². The fourth-order valence-corrected chi connectivity index (χ4v) is 2.63. The largest absolute Gasteiger partial charge is 0.396 e. The van der Waals surface area contributed by atoms with Gasteiger partial charge in [-0.15, -0.1) is 10.2 Å². The van der Waals surface area contributed by atoms with Crippen LogP contribution in [0.15, 0.2) is 24.3 Å². The van der Waals surface area contributed by atoms with E-state index in [1.54, 1.807) is 12.1 Å². The van der Waals surface area contributed by atoms with Gasteiger partial charge in [0.25, 0.3) is 0 Å². The molecule has 0 unspecified atom stereocenters. The van der Waals surface area contributed by atoms with E-state index in [4.69, 9.17) is 11.6 Å². The van der Waals surface area contributed by atoms with Gasteiger partial charge in [0, 0.05) is 23.7 Å². The number of benzene rings is 1. The SMILES string of the molecule is CC[C@H](C(=O)NCCCC(C)(C)CO)n1nnc(-c2ccc(Cl)cc2)n1. The lowest BCUT2D eigenvalue weighted by molar-refractivity contribution is -0.125. The van der Waals surface area contributed by atoms with Crippen molar-refractivity contribution >= 4 is 17.5 Å². The zero-order chi connectivity index (χ0) is 19.2.